The van der Waals surface area contributed by atoms with E-state index in [4.69, 9.17) is 5.73 Å². The minimum Gasteiger partial charge on any atom is -0.399 e. The van der Waals surface area contributed by atoms with E-state index >= 15 is 0 Å². The third-order valence-corrected chi connectivity index (χ3v) is 3.41. The Morgan fingerprint density at radius 3 is 2.62 bits per heavy atom. The van der Waals surface area contributed by atoms with Crippen LogP contribution in [-0.2, 0) is 0 Å². The van der Waals surface area contributed by atoms with Gasteiger partial charge in [-0.3, -0.25) is 4.99 Å². The van der Waals surface area contributed by atoms with Gasteiger partial charge in [-0.2, -0.15) is 0 Å². The molecule has 3 N–H and O–H groups in total. The predicted molar refractivity (Wildman–Crippen MR) is 85.3 cm³/mol. The fourth-order valence-electron chi connectivity index (χ4n) is 2.34. The molecule has 2 aromatic carbocycles. The molecule has 3 rings (SSSR count). The van der Waals surface area contributed by atoms with Gasteiger partial charge < -0.3 is 11.1 Å². The highest BCUT2D eigenvalue weighted by atomic mass is 19.1. The predicted octanol–water partition coefficient (Wildman–Crippen LogP) is 3.22. The Hall–Kier alpha value is -2.62. The first-order valence-electron chi connectivity index (χ1n) is 6.78. The lowest BCUT2D eigenvalue weighted by molar-refractivity contribution is 0.622. The van der Waals surface area contributed by atoms with Gasteiger partial charge in [-0.1, -0.05) is 18.2 Å². The average molecular weight is 281 g/mol. The van der Waals surface area contributed by atoms with Crippen molar-refractivity contribution in [2.75, 3.05) is 12.3 Å². The van der Waals surface area contributed by atoms with E-state index in [0.29, 0.717) is 23.5 Å². The van der Waals surface area contributed by atoms with Crippen LogP contribution in [0.3, 0.4) is 0 Å². The van der Waals surface area contributed by atoms with E-state index in [9.17, 15) is 4.39 Å². The van der Waals surface area contributed by atoms with E-state index < -0.39 is 0 Å². The highest BCUT2D eigenvalue weighted by Gasteiger charge is 2.16. The summed E-state index contributed by atoms with van der Waals surface area (Å²) in [6.07, 6.45) is 1.75. The van der Waals surface area contributed by atoms with Gasteiger partial charge in [0, 0.05) is 17.5 Å². The average Bonchev–Trinajstić information content (AvgIpc) is 2.48. The summed E-state index contributed by atoms with van der Waals surface area (Å²) in [5, 5.41) is 3.27. The van der Waals surface area contributed by atoms with Gasteiger partial charge in [0.1, 0.15) is 5.82 Å². The van der Waals surface area contributed by atoms with Crippen LogP contribution in [-0.4, -0.2) is 12.8 Å². The van der Waals surface area contributed by atoms with Crippen LogP contribution in [0.5, 0.6) is 0 Å². The van der Waals surface area contributed by atoms with Crippen molar-refractivity contribution in [3.63, 3.8) is 0 Å². The Morgan fingerprint density at radius 1 is 1.14 bits per heavy atom. The van der Waals surface area contributed by atoms with E-state index in [1.54, 1.807) is 12.3 Å². The van der Waals surface area contributed by atoms with Gasteiger partial charge in [0.05, 0.1) is 17.9 Å². The summed E-state index contributed by atoms with van der Waals surface area (Å²) in [6.45, 7) is 2.49. The Morgan fingerprint density at radius 2 is 1.90 bits per heavy atom. The molecule has 21 heavy (non-hydrogen) atoms. The molecule has 106 valence electrons. The zero-order chi connectivity index (χ0) is 14.8. The summed E-state index contributed by atoms with van der Waals surface area (Å²) in [6, 6.07) is 12.6. The van der Waals surface area contributed by atoms with Gasteiger partial charge in [-0.15, -0.1) is 0 Å². The number of nitrogens with one attached hydrogen (secondary N) is 1. The smallest absolute Gasteiger partial charge is 0.132 e. The summed E-state index contributed by atoms with van der Waals surface area (Å²) in [5.74, 6) is -0.265. The summed E-state index contributed by atoms with van der Waals surface area (Å²) < 4.78 is 14.2. The second-order valence-electron chi connectivity index (χ2n) is 5.02. The Labute approximate surface area is 123 Å². The molecule has 0 unspecified atom stereocenters. The Balaban J connectivity index is 2.15. The number of hydrogen-bond donors (Lipinski definition) is 2. The first-order chi connectivity index (χ1) is 10.1. The van der Waals surface area contributed by atoms with Gasteiger partial charge in [-0.05, 0) is 42.3 Å². The molecule has 1 aliphatic rings. The van der Waals surface area contributed by atoms with Crippen molar-refractivity contribution in [2.45, 2.75) is 6.92 Å². The molecule has 0 bridgehead atoms. The number of anilines is 1. The van der Waals surface area contributed by atoms with Crippen molar-refractivity contribution >= 4 is 23.3 Å². The molecule has 0 saturated carbocycles. The Kier molecular flexibility index (Phi) is 3.44. The number of nitrogen functional groups attached to an aromatic ring is 1. The minimum atomic E-state index is -0.265. The number of nitrogens with zero attached hydrogens (tertiary/aromatic N) is 1. The van der Waals surface area contributed by atoms with Gasteiger partial charge in [0.2, 0.25) is 0 Å². The van der Waals surface area contributed by atoms with Crippen molar-refractivity contribution < 1.29 is 4.39 Å². The van der Waals surface area contributed by atoms with E-state index in [1.165, 1.54) is 6.07 Å². The lowest BCUT2D eigenvalue weighted by Crippen LogP contribution is -2.20. The molecule has 0 aromatic heterocycles. The zero-order valence-electron chi connectivity index (χ0n) is 11.7. The molecule has 0 amide bonds. The van der Waals surface area contributed by atoms with Crippen LogP contribution < -0.4 is 11.1 Å². The highest BCUT2D eigenvalue weighted by Crippen LogP contribution is 2.29. The van der Waals surface area contributed by atoms with E-state index in [-0.39, 0.29) is 5.82 Å². The van der Waals surface area contributed by atoms with Crippen LogP contribution >= 0.6 is 0 Å². The number of halogens is 1. The fraction of sp³-hybridized carbons (Fsp3) is 0.118. The van der Waals surface area contributed by atoms with Crippen molar-refractivity contribution in [2.24, 2.45) is 4.99 Å². The monoisotopic (exact) mass is 281 g/mol. The van der Waals surface area contributed by atoms with Crippen LogP contribution in [0, 0.1) is 12.7 Å². The summed E-state index contributed by atoms with van der Waals surface area (Å²) in [5.41, 5.74) is 10.2. The second kappa shape index (κ2) is 5.40. The standard InChI is InChI=1S/C17H16FN3/c1-11-2-7-14(15(18)10-11)17-16(20-8-9-21-17)12-3-5-13(19)6-4-12/h2-7,9-10,20H,8,19H2,1H3. The molecule has 2 aromatic rings. The third kappa shape index (κ3) is 2.65. The topological polar surface area (TPSA) is 50.4 Å². The molecule has 1 aliphatic heterocycles. The molecule has 1 heterocycles. The molecule has 0 atom stereocenters. The fourth-order valence-corrected chi connectivity index (χ4v) is 2.34. The van der Waals surface area contributed by atoms with Gasteiger partial charge in [0.25, 0.3) is 0 Å². The van der Waals surface area contributed by atoms with Crippen LogP contribution in [0.4, 0.5) is 10.1 Å². The van der Waals surface area contributed by atoms with Crippen LogP contribution in [0.25, 0.3) is 11.4 Å². The largest absolute Gasteiger partial charge is 0.399 e. The summed E-state index contributed by atoms with van der Waals surface area (Å²) in [7, 11) is 0. The molecule has 0 aliphatic carbocycles. The lowest BCUT2D eigenvalue weighted by atomic mass is 10.0. The number of benzene rings is 2. The van der Waals surface area contributed by atoms with Crippen molar-refractivity contribution in [1.82, 2.24) is 5.32 Å². The first-order valence-corrected chi connectivity index (χ1v) is 6.78. The molecule has 0 fully saturated rings. The molecule has 3 nitrogen and oxygen atoms in total. The van der Waals surface area contributed by atoms with E-state index in [1.807, 2.05) is 37.3 Å². The quantitative estimate of drug-likeness (QED) is 0.830. The maximum atomic E-state index is 14.2. The van der Waals surface area contributed by atoms with E-state index in [0.717, 1.165) is 16.8 Å². The van der Waals surface area contributed by atoms with Gasteiger partial charge >= 0.3 is 0 Å². The van der Waals surface area contributed by atoms with Crippen LogP contribution in [0.2, 0.25) is 0 Å². The Bertz CT molecular complexity index is 730. The maximum absolute atomic E-state index is 14.2. The van der Waals surface area contributed by atoms with Gasteiger partial charge in [0.15, 0.2) is 0 Å². The molecule has 0 radical (unpaired) electrons. The lowest BCUT2D eigenvalue weighted by Gasteiger charge is -2.18. The second-order valence-corrected chi connectivity index (χ2v) is 5.02. The van der Waals surface area contributed by atoms with E-state index in [2.05, 4.69) is 10.3 Å². The number of aryl methyl sites for hydroxylation is 1. The SMILES string of the molecule is Cc1ccc(C2=C(c3ccc(N)cc3)NCC=N2)c(F)c1. The zero-order valence-corrected chi connectivity index (χ0v) is 11.7. The van der Waals surface area contributed by atoms with Gasteiger partial charge in [-0.25, -0.2) is 4.39 Å². The van der Waals surface area contributed by atoms with Crippen LogP contribution in [0.15, 0.2) is 47.5 Å². The number of hydrogen-bond acceptors (Lipinski definition) is 3. The maximum Gasteiger partial charge on any atom is 0.132 e. The summed E-state index contributed by atoms with van der Waals surface area (Å²) >= 11 is 0. The minimum absolute atomic E-state index is 0.265. The summed E-state index contributed by atoms with van der Waals surface area (Å²) in [4.78, 5) is 4.39. The number of nitrogens with two attached hydrogens (primary N) is 1. The molecule has 0 saturated heterocycles. The number of aliphatic imine (C=N–C) groups is 1. The highest BCUT2D eigenvalue weighted by molar-refractivity contribution is 5.95. The van der Waals surface area contributed by atoms with Crippen molar-refractivity contribution in [3.05, 3.63) is 65.0 Å². The number of rotatable bonds is 2. The molecular formula is C17H16FN3. The molecule has 4 heteroatoms. The first kappa shape index (κ1) is 13.4. The van der Waals surface area contributed by atoms with Crippen molar-refractivity contribution in [3.8, 4) is 0 Å². The molecule has 0 spiro atoms. The molecular weight excluding hydrogens is 265 g/mol. The van der Waals surface area contributed by atoms with Crippen molar-refractivity contribution in [1.29, 1.82) is 0 Å². The van der Waals surface area contributed by atoms with Crippen LogP contribution in [0.1, 0.15) is 16.7 Å². The third-order valence-electron chi connectivity index (χ3n) is 3.41. The normalized spacial score (nSPS) is 14.2.